The maximum absolute atomic E-state index is 11.0. The fourth-order valence-electron chi connectivity index (χ4n) is 2.56. The van der Waals surface area contributed by atoms with E-state index in [1.807, 2.05) is 0 Å². The van der Waals surface area contributed by atoms with E-state index in [1.165, 1.54) is 0 Å². The van der Waals surface area contributed by atoms with Crippen LogP contribution in [0.4, 0.5) is 0 Å². The first-order chi connectivity index (χ1) is 7.74. The zero-order chi connectivity index (χ0) is 11.3. The number of hydrogen-bond acceptors (Lipinski definition) is 4. The van der Waals surface area contributed by atoms with E-state index in [0.29, 0.717) is 11.8 Å². The minimum Gasteiger partial charge on any atom is -0.476 e. The Kier molecular flexibility index (Phi) is 2.02. The normalized spacial score (nSPS) is 29.9. The Balaban J connectivity index is 1.91. The fourth-order valence-corrected chi connectivity index (χ4v) is 2.56. The summed E-state index contributed by atoms with van der Waals surface area (Å²) < 4.78 is 10.4. The van der Waals surface area contributed by atoms with Crippen LogP contribution in [0, 0.1) is 5.92 Å². The number of aromatic nitrogens is 2. The van der Waals surface area contributed by atoms with Gasteiger partial charge in [-0.05, 0) is 18.3 Å². The molecule has 0 amide bonds. The molecule has 1 saturated carbocycles. The van der Waals surface area contributed by atoms with Gasteiger partial charge in [0.2, 0.25) is 0 Å². The van der Waals surface area contributed by atoms with Crippen molar-refractivity contribution < 1.29 is 19.4 Å². The van der Waals surface area contributed by atoms with Crippen molar-refractivity contribution in [2.45, 2.75) is 18.4 Å². The summed E-state index contributed by atoms with van der Waals surface area (Å²) in [7, 11) is 1.57. The third-order valence-electron chi connectivity index (χ3n) is 3.29. The standard InChI is InChI=1S/C10H12N2O4/c1-15-3-16-9-5-2-4(5)6-7(9)11-12-8(6)10(13)14/h4-5,9H,2-3H2,1H3,(H,11,12)(H,13,14). The summed E-state index contributed by atoms with van der Waals surface area (Å²) in [6.07, 6.45) is 0.904. The largest absolute Gasteiger partial charge is 0.476 e. The summed E-state index contributed by atoms with van der Waals surface area (Å²) in [6.45, 7) is 0.217. The number of methoxy groups -OCH3 is 1. The lowest BCUT2D eigenvalue weighted by atomic mass is 10.1. The van der Waals surface area contributed by atoms with Crippen LogP contribution in [0.2, 0.25) is 0 Å². The second-order valence-corrected chi connectivity index (χ2v) is 4.20. The molecule has 0 saturated heterocycles. The van der Waals surface area contributed by atoms with Gasteiger partial charge >= 0.3 is 5.97 Å². The Hall–Kier alpha value is -1.40. The molecule has 1 fully saturated rings. The van der Waals surface area contributed by atoms with Crippen LogP contribution in [0.5, 0.6) is 0 Å². The van der Waals surface area contributed by atoms with Crippen LogP contribution in [0.1, 0.15) is 40.2 Å². The molecular formula is C10H12N2O4. The number of carbonyl (C=O) groups is 1. The van der Waals surface area contributed by atoms with Gasteiger partial charge in [-0.1, -0.05) is 0 Å². The Morgan fingerprint density at radius 2 is 2.50 bits per heavy atom. The van der Waals surface area contributed by atoms with Crippen molar-refractivity contribution in [3.8, 4) is 0 Å². The van der Waals surface area contributed by atoms with E-state index >= 15 is 0 Å². The molecule has 0 aliphatic heterocycles. The second kappa shape index (κ2) is 3.29. The highest BCUT2D eigenvalue weighted by molar-refractivity contribution is 5.88. The highest BCUT2D eigenvalue weighted by atomic mass is 16.7. The first-order valence-corrected chi connectivity index (χ1v) is 5.16. The van der Waals surface area contributed by atoms with E-state index in [-0.39, 0.29) is 18.6 Å². The van der Waals surface area contributed by atoms with Crippen molar-refractivity contribution in [1.82, 2.24) is 10.2 Å². The van der Waals surface area contributed by atoms with Gasteiger partial charge in [0, 0.05) is 12.7 Å². The molecule has 86 valence electrons. The molecule has 2 N–H and O–H groups in total. The summed E-state index contributed by atoms with van der Waals surface area (Å²) in [4.78, 5) is 11.0. The number of carboxylic acids is 1. The molecular weight excluding hydrogens is 212 g/mol. The molecule has 0 radical (unpaired) electrons. The average Bonchev–Trinajstić information content (AvgIpc) is 2.80. The lowest BCUT2D eigenvalue weighted by Crippen LogP contribution is -2.07. The van der Waals surface area contributed by atoms with E-state index in [1.54, 1.807) is 7.11 Å². The number of aromatic amines is 1. The minimum atomic E-state index is -0.976. The van der Waals surface area contributed by atoms with Gasteiger partial charge in [0.05, 0.1) is 5.69 Å². The second-order valence-electron chi connectivity index (χ2n) is 4.20. The number of ether oxygens (including phenoxy) is 2. The van der Waals surface area contributed by atoms with Gasteiger partial charge in [-0.25, -0.2) is 4.79 Å². The average molecular weight is 224 g/mol. The molecule has 0 spiro atoms. The van der Waals surface area contributed by atoms with Crippen molar-refractivity contribution in [2.24, 2.45) is 5.92 Å². The maximum atomic E-state index is 11.0. The topological polar surface area (TPSA) is 84.4 Å². The van der Waals surface area contributed by atoms with Crippen molar-refractivity contribution in [3.05, 3.63) is 17.0 Å². The Morgan fingerprint density at radius 3 is 3.19 bits per heavy atom. The predicted octanol–water partition coefficient (Wildman–Crippen LogP) is 0.887. The molecule has 2 aliphatic carbocycles. The highest BCUT2D eigenvalue weighted by Gasteiger charge is 2.56. The number of H-pyrrole nitrogens is 1. The van der Waals surface area contributed by atoms with Crippen LogP contribution in [-0.4, -0.2) is 35.2 Å². The summed E-state index contributed by atoms with van der Waals surface area (Å²) in [6, 6.07) is 0. The number of nitrogens with one attached hydrogen (secondary N) is 1. The van der Waals surface area contributed by atoms with Crippen LogP contribution in [0.15, 0.2) is 0 Å². The first kappa shape index (κ1) is 9.80. The number of rotatable bonds is 4. The molecule has 6 nitrogen and oxygen atoms in total. The molecule has 3 rings (SSSR count). The molecule has 0 bridgehead atoms. The fraction of sp³-hybridized carbons (Fsp3) is 0.600. The smallest absolute Gasteiger partial charge is 0.356 e. The van der Waals surface area contributed by atoms with Gasteiger partial charge < -0.3 is 14.6 Å². The predicted molar refractivity (Wildman–Crippen MR) is 52.1 cm³/mol. The van der Waals surface area contributed by atoms with Gasteiger partial charge in [0.15, 0.2) is 5.69 Å². The maximum Gasteiger partial charge on any atom is 0.356 e. The minimum absolute atomic E-state index is 0.0828. The van der Waals surface area contributed by atoms with Crippen LogP contribution >= 0.6 is 0 Å². The number of hydrogen-bond donors (Lipinski definition) is 2. The van der Waals surface area contributed by atoms with Gasteiger partial charge in [-0.3, -0.25) is 5.10 Å². The Bertz CT molecular complexity index is 442. The SMILES string of the molecule is COCOC1c2[nH]nc(C(=O)O)c2C2CC21. The third kappa shape index (κ3) is 1.20. The van der Waals surface area contributed by atoms with E-state index in [2.05, 4.69) is 10.2 Å². The van der Waals surface area contributed by atoms with Gasteiger partial charge in [0.25, 0.3) is 0 Å². The number of nitrogens with zero attached hydrogens (tertiary/aromatic N) is 1. The highest BCUT2D eigenvalue weighted by Crippen LogP contribution is 2.63. The Labute approximate surface area is 91.6 Å². The quantitative estimate of drug-likeness (QED) is 0.742. The molecule has 1 aromatic heterocycles. The first-order valence-electron chi connectivity index (χ1n) is 5.16. The monoisotopic (exact) mass is 224 g/mol. The third-order valence-corrected chi connectivity index (χ3v) is 3.29. The van der Waals surface area contributed by atoms with E-state index in [0.717, 1.165) is 17.7 Å². The summed E-state index contributed by atoms with van der Waals surface area (Å²) >= 11 is 0. The number of carboxylic acid groups (broad SMARTS) is 1. The summed E-state index contributed by atoms with van der Waals surface area (Å²) in [5, 5.41) is 15.6. The molecule has 2 aliphatic rings. The van der Waals surface area contributed by atoms with Crippen LogP contribution < -0.4 is 0 Å². The molecule has 3 atom stereocenters. The molecule has 1 heterocycles. The lowest BCUT2D eigenvalue weighted by molar-refractivity contribution is -0.0803. The van der Waals surface area contributed by atoms with Crippen molar-refractivity contribution >= 4 is 5.97 Å². The molecule has 3 unspecified atom stereocenters. The molecule has 16 heavy (non-hydrogen) atoms. The van der Waals surface area contributed by atoms with Gasteiger partial charge in [0.1, 0.15) is 12.9 Å². The van der Waals surface area contributed by atoms with E-state index in [4.69, 9.17) is 14.6 Å². The zero-order valence-electron chi connectivity index (χ0n) is 8.77. The van der Waals surface area contributed by atoms with Crippen molar-refractivity contribution in [2.75, 3.05) is 13.9 Å². The molecule has 0 aromatic carbocycles. The van der Waals surface area contributed by atoms with Crippen molar-refractivity contribution in [3.63, 3.8) is 0 Å². The summed E-state index contributed by atoms with van der Waals surface area (Å²) in [5.41, 5.74) is 1.79. The van der Waals surface area contributed by atoms with Gasteiger partial charge in [-0.2, -0.15) is 5.10 Å². The Morgan fingerprint density at radius 1 is 1.69 bits per heavy atom. The summed E-state index contributed by atoms with van der Waals surface area (Å²) in [5.74, 6) is -0.269. The van der Waals surface area contributed by atoms with Crippen LogP contribution in [-0.2, 0) is 9.47 Å². The van der Waals surface area contributed by atoms with E-state index < -0.39 is 5.97 Å². The lowest BCUT2D eigenvalue weighted by Gasteiger charge is -2.12. The molecule has 6 heteroatoms. The zero-order valence-corrected chi connectivity index (χ0v) is 8.77. The van der Waals surface area contributed by atoms with Gasteiger partial charge in [-0.15, -0.1) is 0 Å². The number of aromatic carboxylic acids is 1. The number of fused-ring (bicyclic) bond motifs is 3. The van der Waals surface area contributed by atoms with Crippen LogP contribution in [0.25, 0.3) is 0 Å². The van der Waals surface area contributed by atoms with Crippen molar-refractivity contribution in [1.29, 1.82) is 0 Å². The van der Waals surface area contributed by atoms with Crippen LogP contribution in [0.3, 0.4) is 0 Å². The van der Waals surface area contributed by atoms with E-state index in [9.17, 15) is 4.79 Å². The molecule has 1 aromatic rings.